The molecule has 2 fully saturated rings. The van der Waals surface area contributed by atoms with Crippen LogP contribution in [0.25, 0.3) is 11.4 Å². The number of hydrogen-bond donors (Lipinski definition) is 1. The lowest BCUT2D eigenvalue weighted by atomic mass is 9.76. The summed E-state index contributed by atoms with van der Waals surface area (Å²) in [7, 11) is 0. The molecule has 2 aliphatic rings. The van der Waals surface area contributed by atoms with Gasteiger partial charge in [-0.15, -0.1) is 0 Å². The molecule has 2 aromatic carbocycles. The van der Waals surface area contributed by atoms with Crippen molar-refractivity contribution in [2.45, 2.75) is 37.8 Å². The van der Waals surface area contributed by atoms with Crippen molar-refractivity contribution < 1.29 is 18.5 Å². The summed E-state index contributed by atoms with van der Waals surface area (Å²) in [5.74, 6) is -0.00880. The van der Waals surface area contributed by atoms with Crippen LogP contribution in [-0.2, 0) is 11.3 Å². The third kappa shape index (κ3) is 3.69. The van der Waals surface area contributed by atoms with Gasteiger partial charge in [-0.25, -0.2) is 9.18 Å². The van der Waals surface area contributed by atoms with Gasteiger partial charge in [-0.2, -0.15) is 4.98 Å². The first-order valence-electron chi connectivity index (χ1n) is 10.3. The predicted molar refractivity (Wildman–Crippen MR) is 109 cm³/mol. The van der Waals surface area contributed by atoms with Crippen molar-refractivity contribution >= 4 is 11.9 Å². The van der Waals surface area contributed by atoms with Crippen LogP contribution in [0.5, 0.6) is 0 Å². The van der Waals surface area contributed by atoms with Crippen molar-refractivity contribution in [2.75, 3.05) is 0 Å². The Morgan fingerprint density at radius 1 is 1.06 bits per heavy atom. The van der Waals surface area contributed by atoms with Gasteiger partial charge in [-0.1, -0.05) is 53.7 Å². The number of urea groups is 1. The number of fused-ring (bicyclic) bond motifs is 1. The number of aromatic nitrogens is 2. The van der Waals surface area contributed by atoms with Crippen LogP contribution >= 0.6 is 0 Å². The van der Waals surface area contributed by atoms with Gasteiger partial charge in [0.1, 0.15) is 5.82 Å². The highest BCUT2D eigenvalue weighted by atomic mass is 19.1. The lowest BCUT2D eigenvalue weighted by Gasteiger charge is -2.41. The number of imide groups is 1. The second-order valence-corrected chi connectivity index (χ2v) is 8.01. The van der Waals surface area contributed by atoms with Crippen LogP contribution in [-0.4, -0.2) is 33.0 Å². The topological polar surface area (TPSA) is 88.3 Å². The molecule has 7 nitrogen and oxygen atoms in total. The smallest absolute Gasteiger partial charge is 0.324 e. The third-order valence-electron chi connectivity index (χ3n) is 6.10. The fraction of sp³-hybridized carbons (Fsp3) is 0.304. The van der Waals surface area contributed by atoms with E-state index in [9.17, 15) is 14.0 Å². The van der Waals surface area contributed by atoms with Crippen LogP contribution in [0.2, 0.25) is 0 Å². The Morgan fingerprint density at radius 3 is 2.65 bits per heavy atom. The van der Waals surface area contributed by atoms with Crippen molar-refractivity contribution in [3.05, 3.63) is 71.9 Å². The number of carbonyl (C=O) groups excluding carboxylic acids is 2. The first kappa shape index (κ1) is 19.4. The van der Waals surface area contributed by atoms with Crippen LogP contribution in [0.3, 0.4) is 0 Å². The number of nitrogens with zero attached hydrogens (tertiary/aromatic N) is 3. The van der Waals surface area contributed by atoms with Crippen LogP contribution in [0.1, 0.15) is 36.6 Å². The normalized spacial score (nSPS) is 23.4. The summed E-state index contributed by atoms with van der Waals surface area (Å²) in [6.07, 6.45) is 1.84. The van der Waals surface area contributed by atoms with Crippen molar-refractivity contribution in [2.24, 2.45) is 5.92 Å². The molecule has 3 amide bonds. The SMILES string of the molecule is O=C1NC2CC(c3nc(-c4ccccc4)no3)CCC2C(=O)N1Cc1ccccc1F. The van der Waals surface area contributed by atoms with E-state index in [4.69, 9.17) is 4.52 Å². The van der Waals surface area contributed by atoms with E-state index in [2.05, 4.69) is 15.5 Å². The standard InChI is InChI=1S/C23H21FN4O3/c24-18-9-5-4-8-16(18)13-28-22(29)17-11-10-15(12-19(17)25-23(28)30)21-26-20(27-31-21)14-6-2-1-3-7-14/h1-9,15,17,19H,10-13H2,(H,25,30). The van der Waals surface area contributed by atoms with Gasteiger partial charge in [0, 0.05) is 23.1 Å². The maximum Gasteiger partial charge on any atom is 0.324 e. The molecular weight excluding hydrogens is 399 g/mol. The van der Waals surface area contributed by atoms with Gasteiger partial charge in [0.05, 0.1) is 12.5 Å². The molecule has 1 aliphatic carbocycles. The predicted octanol–water partition coefficient (Wildman–Crippen LogP) is 3.88. The molecule has 0 bridgehead atoms. The quantitative estimate of drug-likeness (QED) is 0.692. The highest BCUT2D eigenvalue weighted by Gasteiger charge is 2.45. The summed E-state index contributed by atoms with van der Waals surface area (Å²) in [6, 6.07) is 14.9. The molecule has 1 aromatic heterocycles. The van der Waals surface area contributed by atoms with Gasteiger partial charge in [0.25, 0.3) is 0 Å². The average Bonchev–Trinajstić information content (AvgIpc) is 3.28. The third-order valence-corrected chi connectivity index (χ3v) is 6.10. The Morgan fingerprint density at radius 2 is 1.84 bits per heavy atom. The minimum Gasteiger partial charge on any atom is -0.339 e. The Bertz CT molecular complexity index is 1120. The van der Waals surface area contributed by atoms with Gasteiger partial charge < -0.3 is 9.84 Å². The van der Waals surface area contributed by atoms with Crippen LogP contribution in [0.4, 0.5) is 9.18 Å². The summed E-state index contributed by atoms with van der Waals surface area (Å²) in [4.78, 5) is 31.3. The molecule has 1 saturated heterocycles. The highest BCUT2D eigenvalue weighted by molar-refractivity contribution is 5.98. The number of hydrogen-bond acceptors (Lipinski definition) is 5. The van der Waals surface area contributed by atoms with Gasteiger partial charge in [-0.05, 0) is 25.3 Å². The lowest BCUT2D eigenvalue weighted by Crippen LogP contribution is -2.61. The summed E-state index contributed by atoms with van der Waals surface area (Å²) in [6.45, 7) is -0.0753. The zero-order valence-electron chi connectivity index (χ0n) is 16.7. The fourth-order valence-corrected chi connectivity index (χ4v) is 4.44. The minimum atomic E-state index is -0.495. The molecule has 1 saturated carbocycles. The molecule has 2 heterocycles. The van der Waals surface area contributed by atoms with Crippen LogP contribution < -0.4 is 5.32 Å². The first-order valence-corrected chi connectivity index (χ1v) is 10.3. The number of benzene rings is 2. The second-order valence-electron chi connectivity index (χ2n) is 8.01. The lowest BCUT2D eigenvalue weighted by molar-refractivity contribution is -0.137. The van der Waals surface area contributed by atoms with E-state index in [0.717, 1.165) is 10.5 Å². The fourth-order valence-electron chi connectivity index (χ4n) is 4.44. The summed E-state index contributed by atoms with van der Waals surface area (Å²) in [5.41, 5.74) is 1.19. The van der Waals surface area contributed by atoms with Crippen molar-refractivity contribution in [3.63, 3.8) is 0 Å². The monoisotopic (exact) mass is 420 g/mol. The van der Waals surface area contributed by atoms with Crippen molar-refractivity contribution in [1.29, 1.82) is 0 Å². The van der Waals surface area contributed by atoms with E-state index >= 15 is 0 Å². The van der Waals surface area contributed by atoms with E-state index in [1.165, 1.54) is 6.07 Å². The maximum atomic E-state index is 14.0. The number of rotatable bonds is 4. The number of amides is 3. The Labute approximate surface area is 178 Å². The highest BCUT2D eigenvalue weighted by Crippen LogP contribution is 2.38. The second kappa shape index (κ2) is 7.94. The molecule has 8 heteroatoms. The number of carbonyl (C=O) groups is 2. The van der Waals surface area contributed by atoms with E-state index < -0.39 is 11.8 Å². The Kier molecular flexibility index (Phi) is 4.97. The van der Waals surface area contributed by atoms with Gasteiger partial charge in [0.2, 0.25) is 17.6 Å². The molecule has 0 radical (unpaired) electrons. The van der Waals surface area contributed by atoms with Crippen molar-refractivity contribution in [1.82, 2.24) is 20.4 Å². The molecule has 5 rings (SSSR count). The Hall–Kier alpha value is -3.55. The van der Waals surface area contributed by atoms with Gasteiger partial charge in [0.15, 0.2) is 0 Å². The van der Waals surface area contributed by atoms with E-state index in [1.54, 1.807) is 18.2 Å². The Balaban J connectivity index is 1.29. The first-order chi connectivity index (χ1) is 15.1. The largest absolute Gasteiger partial charge is 0.339 e. The minimum absolute atomic E-state index is 0.0302. The van der Waals surface area contributed by atoms with E-state index in [-0.39, 0.29) is 30.3 Å². The van der Waals surface area contributed by atoms with E-state index in [0.29, 0.717) is 36.5 Å². The summed E-state index contributed by atoms with van der Waals surface area (Å²) < 4.78 is 19.5. The molecular formula is C23H21FN4O3. The number of halogens is 1. The number of nitrogens with one attached hydrogen (secondary N) is 1. The molecule has 0 spiro atoms. The molecule has 3 aromatic rings. The molecule has 1 aliphatic heterocycles. The van der Waals surface area contributed by atoms with Crippen LogP contribution in [0, 0.1) is 11.7 Å². The zero-order valence-corrected chi connectivity index (χ0v) is 16.7. The molecule has 3 unspecified atom stereocenters. The van der Waals surface area contributed by atoms with Crippen LogP contribution in [0.15, 0.2) is 59.1 Å². The van der Waals surface area contributed by atoms with Gasteiger partial charge in [-0.3, -0.25) is 9.69 Å². The zero-order chi connectivity index (χ0) is 21.4. The maximum absolute atomic E-state index is 14.0. The summed E-state index contributed by atoms with van der Waals surface area (Å²) in [5, 5.41) is 7.01. The summed E-state index contributed by atoms with van der Waals surface area (Å²) >= 11 is 0. The molecule has 31 heavy (non-hydrogen) atoms. The molecule has 3 atom stereocenters. The van der Waals surface area contributed by atoms with E-state index in [1.807, 2.05) is 30.3 Å². The molecule has 1 N–H and O–H groups in total. The molecule has 158 valence electrons. The van der Waals surface area contributed by atoms with Gasteiger partial charge >= 0.3 is 6.03 Å². The average molecular weight is 420 g/mol. The van der Waals surface area contributed by atoms with Crippen molar-refractivity contribution in [3.8, 4) is 11.4 Å².